The van der Waals surface area contributed by atoms with Crippen LogP contribution in [0.4, 0.5) is 13.2 Å². The molecule has 1 heterocycles. The van der Waals surface area contributed by atoms with Gasteiger partial charge in [0, 0.05) is 22.7 Å². The number of fused-ring (bicyclic) bond motifs is 1. The van der Waals surface area contributed by atoms with Crippen molar-refractivity contribution in [2.75, 3.05) is 0 Å². The Bertz CT molecular complexity index is 975. The largest absolute Gasteiger partial charge is 0.451 e. The second kappa shape index (κ2) is 6.67. The summed E-state index contributed by atoms with van der Waals surface area (Å²) >= 11 is 0. The molecule has 0 saturated carbocycles. The van der Waals surface area contributed by atoms with Crippen molar-refractivity contribution in [3.63, 3.8) is 0 Å². The third-order valence-corrected chi connectivity index (χ3v) is 3.93. The van der Waals surface area contributed by atoms with Gasteiger partial charge in [0.1, 0.15) is 0 Å². The predicted octanol–water partition coefficient (Wildman–Crippen LogP) is 4.61. The first-order valence-electron chi connectivity index (χ1n) is 7.76. The molecule has 3 aromatic rings. The van der Waals surface area contributed by atoms with Crippen LogP contribution in [0.15, 0.2) is 54.7 Å². The molecule has 0 aliphatic heterocycles. The van der Waals surface area contributed by atoms with E-state index in [-0.39, 0.29) is 5.56 Å². The van der Waals surface area contributed by atoms with E-state index in [4.69, 9.17) is 4.74 Å². The van der Waals surface area contributed by atoms with Crippen molar-refractivity contribution >= 4 is 22.7 Å². The Kier molecular flexibility index (Phi) is 4.54. The van der Waals surface area contributed by atoms with E-state index in [2.05, 4.69) is 4.98 Å². The molecule has 1 atom stereocenters. The zero-order valence-corrected chi connectivity index (χ0v) is 13.6. The molecule has 4 nitrogen and oxygen atoms in total. The lowest BCUT2D eigenvalue weighted by Crippen LogP contribution is -2.24. The van der Waals surface area contributed by atoms with Crippen LogP contribution in [0.2, 0.25) is 0 Å². The first-order valence-corrected chi connectivity index (χ1v) is 7.76. The lowest BCUT2D eigenvalue weighted by atomic mass is 10.1. The summed E-state index contributed by atoms with van der Waals surface area (Å²) in [5.74, 6) is -1.43. The van der Waals surface area contributed by atoms with E-state index in [1.165, 1.54) is 19.2 Å². The number of benzene rings is 2. The van der Waals surface area contributed by atoms with Gasteiger partial charge < -0.3 is 9.72 Å². The minimum atomic E-state index is -4.57. The minimum Gasteiger partial charge on any atom is -0.451 e. The third-order valence-electron chi connectivity index (χ3n) is 3.93. The molecular formula is C19H14F3NO3. The molecule has 0 bridgehead atoms. The Morgan fingerprint density at radius 3 is 2.54 bits per heavy atom. The number of rotatable bonds is 4. The first kappa shape index (κ1) is 17.7. The van der Waals surface area contributed by atoms with Crippen LogP contribution in [0.3, 0.4) is 0 Å². The fourth-order valence-electron chi connectivity index (χ4n) is 2.60. The molecule has 1 N–H and O–H groups in total. The Hall–Kier alpha value is -3.09. The van der Waals surface area contributed by atoms with Crippen LogP contribution >= 0.6 is 0 Å². The van der Waals surface area contributed by atoms with Gasteiger partial charge in [0.2, 0.25) is 5.78 Å². The van der Waals surface area contributed by atoms with Gasteiger partial charge in [0.25, 0.3) is 0 Å². The Balaban J connectivity index is 1.78. The molecule has 0 aliphatic carbocycles. The van der Waals surface area contributed by atoms with E-state index in [9.17, 15) is 22.8 Å². The molecule has 26 heavy (non-hydrogen) atoms. The summed E-state index contributed by atoms with van der Waals surface area (Å²) in [6.07, 6.45) is -4.19. The smallest absolute Gasteiger partial charge is 0.416 e. The van der Waals surface area contributed by atoms with Crippen LogP contribution in [0.5, 0.6) is 0 Å². The van der Waals surface area contributed by atoms with Gasteiger partial charge >= 0.3 is 12.1 Å². The van der Waals surface area contributed by atoms with Gasteiger partial charge in [-0.05, 0) is 31.2 Å². The van der Waals surface area contributed by atoms with Gasteiger partial charge in [-0.25, -0.2) is 4.79 Å². The molecule has 1 aromatic heterocycles. The monoisotopic (exact) mass is 361 g/mol. The molecule has 0 amide bonds. The second-order valence-electron chi connectivity index (χ2n) is 5.74. The maximum Gasteiger partial charge on any atom is 0.416 e. The topological polar surface area (TPSA) is 59.2 Å². The lowest BCUT2D eigenvalue weighted by Gasteiger charge is -2.13. The highest BCUT2D eigenvalue weighted by Gasteiger charge is 2.31. The molecule has 134 valence electrons. The summed E-state index contributed by atoms with van der Waals surface area (Å²) in [7, 11) is 0. The molecule has 0 aliphatic rings. The average Bonchev–Trinajstić information content (AvgIpc) is 3.04. The number of aromatic amines is 1. The molecule has 7 heteroatoms. The fraction of sp³-hybridized carbons (Fsp3) is 0.158. The van der Waals surface area contributed by atoms with Crippen LogP contribution in [-0.4, -0.2) is 22.8 Å². The summed E-state index contributed by atoms with van der Waals surface area (Å²) in [6, 6.07) is 11.0. The van der Waals surface area contributed by atoms with Crippen molar-refractivity contribution in [2.24, 2.45) is 0 Å². The molecule has 0 spiro atoms. The molecule has 2 aromatic carbocycles. The van der Waals surface area contributed by atoms with Crippen molar-refractivity contribution in [1.82, 2.24) is 4.98 Å². The minimum absolute atomic E-state index is 0.265. The molecule has 3 rings (SSSR count). The third kappa shape index (κ3) is 3.46. The highest BCUT2D eigenvalue weighted by molar-refractivity contribution is 6.10. The molecule has 0 unspecified atom stereocenters. The molecular weight excluding hydrogens is 347 g/mol. The number of aromatic nitrogens is 1. The number of alkyl halides is 3. The maximum absolute atomic E-state index is 12.7. The average molecular weight is 361 g/mol. The van der Waals surface area contributed by atoms with Gasteiger partial charge in [-0.1, -0.05) is 24.3 Å². The van der Waals surface area contributed by atoms with E-state index in [0.29, 0.717) is 17.0 Å². The number of ether oxygens (including phenoxy) is 1. The number of ketones is 1. The Labute approximate surface area is 146 Å². The number of hydrogen-bond acceptors (Lipinski definition) is 3. The number of nitrogens with one attached hydrogen (secondary N) is 1. The van der Waals surface area contributed by atoms with E-state index >= 15 is 0 Å². The quantitative estimate of drug-likeness (QED) is 0.545. The molecule has 0 radical (unpaired) electrons. The van der Waals surface area contributed by atoms with Crippen LogP contribution in [0.1, 0.15) is 33.2 Å². The highest BCUT2D eigenvalue weighted by atomic mass is 19.4. The van der Waals surface area contributed by atoms with E-state index in [1.54, 1.807) is 18.2 Å². The van der Waals surface area contributed by atoms with E-state index in [1.807, 2.05) is 6.07 Å². The zero-order valence-electron chi connectivity index (χ0n) is 13.6. The number of hydrogen-bond donors (Lipinski definition) is 1. The van der Waals surface area contributed by atoms with Crippen molar-refractivity contribution in [3.8, 4) is 0 Å². The van der Waals surface area contributed by atoms with Crippen molar-refractivity contribution < 1.29 is 27.5 Å². The van der Waals surface area contributed by atoms with Crippen LogP contribution < -0.4 is 0 Å². The number of carbonyl (C=O) groups is 2. The summed E-state index contributed by atoms with van der Waals surface area (Å²) < 4.78 is 43.3. The molecule has 0 saturated heterocycles. The number of Topliss-reactive ketones (excluding diaryl/α,β-unsaturated/α-hetero) is 1. The summed E-state index contributed by atoms with van der Waals surface area (Å²) in [5, 5.41) is 0.680. The Morgan fingerprint density at radius 1 is 1.08 bits per heavy atom. The van der Waals surface area contributed by atoms with Gasteiger partial charge in [0.05, 0.1) is 11.1 Å². The summed E-state index contributed by atoms with van der Waals surface area (Å²) in [4.78, 5) is 27.6. The normalized spacial score (nSPS) is 12.8. The van der Waals surface area contributed by atoms with Crippen LogP contribution in [0, 0.1) is 0 Å². The highest BCUT2D eigenvalue weighted by Crippen LogP contribution is 2.29. The fourth-order valence-corrected chi connectivity index (χ4v) is 2.60. The summed E-state index contributed by atoms with van der Waals surface area (Å²) in [5.41, 5.74) is -0.113. The van der Waals surface area contributed by atoms with Crippen molar-refractivity contribution in [2.45, 2.75) is 19.2 Å². The number of carbonyl (C=O) groups excluding carboxylic acids is 2. The number of H-pyrrole nitrogens is 1. The zero-order chi connectivity index (χ0) is 18.9. The second-order valence-corrected chi connectivity index (χ2v) is 5.74. The van der Waals surface area contributed by atoms with Gasteiger partial charge in [-0.2, -0.15) is 13.2 Å². The van der Waals surface area contributed by atoms with E-state index < -0.39 is 29.6 Å². The standard InChI is InChI=1S/C19H14F3NO3/c1-11(17(24)15-10-23-16-8-3-2-7-14(15)16)26-18(25)12-5-4-6-13(9-12)19(20,21)22/h2-11,23H,1H3/t11-/m0/s1. The van der Waals surface area contributed by atoms with Crippen LogP contribution in [-0.2, 0) is 10.9 Å². The summed E-state index contributed by atoms with van der Waals surface area (Å²) in [6.45, 7) is 1.38. The van der Waals surface area contributed by atoms with Crippen LogP contribution in [0.25, 0.3) is 10.9 Å². The maximum atomic E-state index is 12.7. The van der Waals surface area contributed by atoms with Gasteiger partial charge in [-0.3, -0.25) is 4.79 Å². The first-order chi connectivity index (χ1) is 12.3. The lowest BCUT2D eigenvalue weighted by molar-refractivity contribution is -0.137. The number of para-hydroxylation sites is 1. The Morgan fingerprint density at radius 2 is 1.81 bits per heavy atom. The van der Waals surface area contributed by atoms with Crippen molar-refractivity contribution in [3.05, 3.63) is 71.4 Å². The SMILES string of the molecule is C[C@H](OC(=O)c1cccc(C(F)(F)F)c1)C(=O)c1c[nH]c2ccccc12. The number of esters is 1. The van der Waals surface area contributed by atoms with Gasteiger partial charge in [0.15, 0.2) is 6.10 Å². The number of halogens is 3. The van der Waals surface area contributed by atoms with E-state index in [0.717, 1.165) is 17.6 Å². The molecule has 0 fully saturated rings. The van der Waals surface area contributed by atoms with Gasteiger partial charge in [-0.15, -0.1) is 0 Å². The van der Waals surface area contributed by atoms with Crippen molar-refractivity contribution in [1.29, 1.82) is 0 Å². The predicted molar refractivity (Wildman–Crippen MR) is 89.0 cm³/mol.